The third kappa shape index (κ3) is 3.06. The summed E-state index contributed by atoms with van der Waals surface area (Å²) in [5, 5.41) is 13.4. The normalized spacial score (nSPS) is 11.4. The predicted octanol–water partition coefficient (Wildman–Crippen LogP) is 2.87. The molecule has 1 heterocycles. The van der Waals surface area contributed by atoms with Crippen molar-refractivity contribution in [2.24, 2.45) is 5.41 Å². The zero-order valence-electron chi connectivity index (χ0n) is 10.8. The lowest BCUT2D eigenvalue weighted by Gasteiger charge is -2.15. The molecule has 18 heavy (non-hydrogen) atoms. The number of rotatable bonds is 4. The van der Waals surface area contributed by atoms with E-state index in [1.54, 1.807) is 0 Å². The maximum atomic E-state index is 8.93. The zero-order chi connectivity index (χ0) is 13.0. The quantitative estimate of drug-likeness (QED) is 0.892. The van der Waals surface area contributed by atoms with Crippen molar-refractivity contribution in [1.82, 2.24) is 10.3 Å². The number of para-hydroxylation sites is 1. The van der Waals surface area contributed by atoms with Gasteiger partial charge in [-0.25, -0.2) is 0 Å². The molecule has 0 amide bonds. The predicted molar refractivity (Wildman–Crippen MR) is 72.8 cm³/mol. The number of hydrogen-bond acceptors (Lipinski definition) is 3. The molecule has 0 aliphatic carbocycles. The van der Waals surface area contributed by atoms with Gasteiger partial charge in [-0.05, 0) is 26.0 Å². The van der Waals surface area contributed by atoms with Gasteiger partial charge < -0.3 is 5.32 Å². The highest BCUT2D eigenvalue weighted by atomic mass is 14.9. The van der Waals surface area contributed by atoms with Crippen LogP contribution in [0, 0.1) is 16.7 Å². The fourth-order valence-electron chi connectivity index (χ4n) is 1.75. The molecule has 1 N–H and O–H groups in total. The van der Waals surface area contributed by atoms with E-state index in [2.05, 4.69) is 28.5 Å². The largest absolute Gasteiger partial charge is 0.310 e. The van der Waals surface area contributed by atoms with Crippen molar-refractivity contribution in [2.75, 3.05) is 6.54 Å². The van der Waals surface area contributed by atoms with Crippen LogP contribution in [0.3, 0.4) is 0 Å². The number of hydrogen-bond donors (Lipinski definition) is 1. The summed E-state index contributed by atoms with van der Waals surface area (Å²) < 4.78 is 0. The summed E-state index contributed by atoms with van der Waals surface area (Å²) in [5.74, 6) is 0. The van der Waals surface area contributed by atoms with Crippen molar-refractivity contribution >= 4 is 10.9 Å². The molecular formula is C15H17N3. The van der Waals surface area contributed by atoms with Crippen LogP contribution in [0.5, 0.6) is 0 Å². The second kappa shape index (κ2) is 5.16. The van der Waals surface area contributed by atoms with Crippen LogP contribution < -0.4 is 5.32 Å². The van der Waals surface area contributed by atoms with Crippen LogP contribution in [-0.4, -0.2) is 11.5 Å². The van der Waals surface area contributed by atoms with Gasteiger partial charge in [-0.3, -0.25) is 4.98 Å². The SMILES string of the molecule is CC(C)(C#N)CNCc1ccc2ccccc2n1. The molecule has 2 rings (SSSR count). The van der Waals surface area contributed by atoms with Crippen molar-refractivity contribution < 1.29 is 0 Å². The van der Waals surface area contributed by atoms with E-state index < -0.39 is 0 Å². The molecule has 0 saturated carbocycles. The standard InChI is InChI=1S/C15H17N3/c1-15(2,10-16)11-17-9-13-8-7-12-5-3-4-6-14(12)18-13/h3-8,17H,9,11H2,1-2H3. The fraction of sp³-hybridized carbons (Fsp3) is 0.333. The van der Waals surface area contributed by atoms with E-state index in [0.717, 1.165) is 16.6 Å². The number of benzene rings is 1. The van der Waals surface area contributed by atoms with Gasteiger partial charge in [0, 0.05) is 18.5 Å². The van der Waals surface area contributed by atoms with Gasteiger partial charge in [0.2, 0.25) is 0 Å². The van der Waals surface area contributed by atoms with Crippen LogP contribution in [0.15, 0.2) is 36.4 Å². The van der Waals surface area contributed by atoms with Crippen LogP contribution in [0.25, 0.3) is 10.9 Å². The third-order valence-electron chi connectivity index (χ3n) is 2.83. The number of aromatic nitrogens is 1. The summed E-state index contributed by atoms with van der Waals surface area (Å²) in [6.45, 7) is 5.20. The maximum Gasteiger partial charge on any atom is 0.0705 e. The van der Waals surface area contributed by atoms with Gasteiger partial charge in [0.1, 0.15) is 0 Å². The fourth-order valence-corrected chi connectivity index (χ4v) is 1.75. The minimum absolute atomic E-state index is 0.336. The van der Waals surface area contributed by atoms with Crippen molar-refractivity contribution in [2.45, 2.75) is 20.4 Å². The summed E-state index contributed by atoms with van der Waals surface area (Å²) in [6.07, 6.45) is 0. The van der Waals surface area contributed by atoms with Gasteiger partial charge in [-0.1, -0.05) is 24.3 Å². The molecule has 0 unspecified atom stereocenters. The average molecular weight is 239 g/mol. The van der Waals surface area contributed by atoms with Crippen molar-refractivity contribution in [3.8, 4) is 6.07 Å². The lowest BCUT2D eigenvalue weighted by Crippen LogP contribution is -2.27. The zero-order valence-corrected chi connectivity index (χ0v) is 10.8. The first-order chi connectivity index (χ1) is 8.61. The molecule has 3 nitrogen and oxygen atoms in total. The monoisotopic (exact) mass is 239 g/mol. The second-order valence-corrected chi connectivity index (χ2v) is 5.09. The van der Waals surface area contributed by atoms with E-state index in [1.165, 1.54) is 0 Å². The molecule has 0 spiro atoms. The highest BCUT2D eigenvalue weighted by molar-refractivity contribution is 5.78. The molecular weight excluding hydrogens is 222 g/mol. The minimum Gasteiger partial charge on any atom is -0.310 e. The molecule has 0 aliphatic heterocycles. The van der Waals surface area contributed by atoms with Crippen LogP contribution in [-0.2, 0) is 6.54 Å². The van der Waals surface area contributed by atoms with Crippen LogP contribution in [0.1, 0.15) is 19.5 Å². The Morgan fingerprint density at radius 3 is 2.78 bits per heavy atom. The highest BCUT2D eigenvalue weighted by Gasteiger charge is 2.15. The number of pyridine rings is 1. The van der Waals surface area contributed by atoms with E-state index in [4.69, 9.17) is 5.26 Å². The molecule has 0 aliphatic rings. The van der Waals surface area contributed by atoms with E-state index in [-0.39, 0.29) is 5.41 Å². The van der Waals surface area contributed by atoms with E-state index >= 15 is 0 Å². The Hall–Kier alpha value is -1.92. The van der Waals surface area contributed by atoms with E-state index in [1.807, 2.05) is 38.1 Å². The van der Waals surface area contributed by atoms with E-state index in [0.29, 0.717) is 13.1 Å². The maximum absolute atomic E-state index is 8.93. The molecule has 92 valence electrons. The van der Waals surface area contributed by atoms with Gasteiger partial charge in [0.05, 0.1) is 22.7 Å². The molecule has 0 bridgehead atoms. The first kappa shape index (κ1) is 12.5. The van der Waals surface area contributed by atoms with Crippen LogP contribution in [0.4, 0.5) is 0 Å². The van der Waals surface area contributed by atoms with Gasteiger partial charge in [0.15, 0.2) is 0 Å². The molecule has 1 aromatic carbocycles. The van der Waals surface area contributed by atoms with Gasteiger partial charge >= 0.3 is 0 Å². The Morgan fingerprint density at radius 1 is 1.22 bits per heavy atom. The molecule has 0 saturated heterocycles. The Labute approximate surface area is 107 Å². The number of nitriles is 1. The summed E-state index contributed by atoms with van der Waals surface area (Å²) in [7, 11) is 0. The molecule has 3 heteroatoms. The molecule has 1 aromatic heterocycles. The minimum atomic E-state index is -0.336. The average Bonchev–Trinajstić information content (AvgIpc) is 2.38. The molecule has 0 fully saturated rings. The molecule has 2 aromatic rings. The Kier molecular flexibility index (Phi) is 3.59. The van der Waals surface area contributed by atoms with Crippen LogP contribution in [0.2, 0.25) is 0 Å². The molecule has 0 atom stereocenters. The van der Waals surface area contributed by atoms with Gasteiger partial charge in [-0.2, -0.15) is 5.26 Å². The van der Waals surface area contributed by atoms with Gasteiger partial charge in [-0.15, -0.1) is 0 Å². The number of nitrogens with one attached hydrogen (secondary N) is 1. The van der Waals surface area contributed by atoms with Crippen molar-refractivity contribution in [3.63, 3.8) is 0 Å². The summed E-state index contributed by atoms with van der Waals surface area (Å²) in [5.41, 5.74) is 1.68. The third-order valence-corrected chi connectivity index (χ3v) is 2.83. The summed E-state index contributed by atoms with van der Waals surface area (Å²) in [4.78, 5) is 4.58. The Morgan fingerprint density at radius 2 is 2.00 bits per heavy atom. The topological polar surface area (TPSA) is 48.7 Å². The summed E-state index contributed by atoms with van der Waals surface area (Å²) >= 11 is 0. The molecule has 0 radical (unpaired) electrons. The van der Waals surface area contributed by atoms with Crippen molar-refractivity contribution in [1.29, 1.82) is 5.26 Å². The number of fused-ring (bicyclic) bond motifs is 1. The Balaban J connectivity index is 2.03. The van der Waals surface area contributed by atoms with Gasteiger partial charge in [0.25, 0.3) is 0 Å². The van der Waals surface area contributed by atoms with Crippen molar-refractivity contribution in [3.05, 3.63) is 42.1 Å². The summed E-state index contributed by atoms with van der Waals surface area (Å²) in [6, 6.07) is 14.4. The smallest absolute Gasteiger partial charge is 0.0705 e. The second-order valence-electron chi connectivity index (χ2n) is 5.09. The number of nitrogens with zero attached hydrogens (tertiary/aromatic N) is 2. The van der Waals surface area contributed by atoms with E-state index in [9.17, 15) is 0 Å². The lowest BCUT2D eigenvalue weighted by atomic mass is 9.96. The first-order valence-corrected chi connectivity index (χ1v) is 6.07. The lowest BCUT2D eigenvalue weighted by molar-refractivity contribution is 0.443. The van der Waals surface area contributed by atoms with Crippen LogP contribution >= 0.6 is 0 Å². The highest BCUT2D eigenvalue weighted by Crippen LogP contribution is 2.13. The first-order valence-electron chi connectivity index (χ1n) is 6.07. The Bertz CT molecular complexity index is 582.